The number of ether oxygens (including phenoxy) is 1. The molecule has 2 bridgehead atoms. The van der Waals surface area contributed by atoms with Gasteiger partial charge in [-0.2, -0.15) is 0 Å². The average molecular weight is 286 g/mol. The molecular formula is C13H22O5Si. The van der Waals surface area contributed by atoms with Gasteiger partial charge in [0.15, 0.2) is 25.8 Å². The molecule has 6 heteroatoms. The normalized spacial score (nSPS) is 35.5. The van der Waals surface area contributed by atoms with Crippen LogP contribution in [-0.4, -0.2) is 41.7 Å². The summed E-state index contributed by atoms with van der Waals surface area (Å²) in [6.07, 6.45) is -0.108. The Balaban J connectivity index is 2.19. The molecule has 1 saturated carbocycles. The molecule has 0 aromatic rings. The van der Waals surface area contributed by atoms with Crippen molar-refractivity contribution >= 4 is 20.1 Å². The van der Waals surface area contributed by atoms with E-state index >= 15 is 0 Å². The van der Waals surface area contributed by atoms with Gasteiger partial charge < -0.3 is 14.6 Å². The van der Waals surface area contributed by atoms with Crippen molar-refractivity contribution in [3.05, 3.63) is 0 Å². The molecule has 1 aliphatic heterocycles. The van der Waals surface area contributed by atoms with Gasteiger partial charge >= 0.3 is 5.97 Å². The smallest absolute Gasteiger partial charge is 0.339 e. The summed E-state index contributed by atoms with van der Waals surface area (Å²) < 4.78 is 4.94. The van der Waals surface area contributed by atoms with Gasteiger partial charge in [-0.15, -0.1) is 0 Å². The number of aliphatic hydroxyl groups is 1. The van der Waals surface area contributed by atoms with E-state index in [0.29, 0.717) is 6.42 Å². The molecular weight excluding hydrogens is 264 g/mol. The van der Waals surface area contributed by atoms with Crippen LogP contribution in [0.4, 0.5) is 0 Å². The molecule has 2 fully saturated rings. The second-order valence-corrected chi connectivity index (χ2v) is 11.6. The predicted molar refractivity (Wildman–Crippen MR) is 70.9 cm³/mol. The maximum absolute atomic E-state index is 12.2. The number of hydrogen-bond donors (Lipinski definition) is 2. The Morgan fingerprint density at radius 1 is 1.37 bits per heavy atom. The molecule has 1 saturated heterocycles. The number of fused-ring (bicyclic) bond motifs is 2. The summed E-state index contributed by atoms with van der Waals surface area (Å²) in [6.45, 7) is 7.56. The number of Topliss-reactive ketones (excluding diaryl/α,β-unsaturated/α-hetero) is 1. The molecule has 19 heavy (non-hydrogen) atoms. The minimum Gasteiger partial charge on any atom is -0.452 e. The fourth-order valence-electron chi connectivity index (χ4n) is 2.81. The monoisotopic (exact) mass is 286 g/mol. The molecule has 1 heterocycles. The third-order valence-electron chi connectivity index (χ3n) is 4.87. The van der Waals surface area contributed by atoms with Crippen LogP contribution in [0.3, 0.4) is 0 Å². The molecule has 0 aromatic heterocycles. The van der Waals surface area contributed by atoms with Gasteiger partial charge in [-0.3, -0.25) is 4.79 Å². The number of ketones is 1. The van der Waals surface area contributed by atoms with E-state index in [2.05, 4.69) is 0 Å². The Hall–Kier alpha value is -0.723. The van der Waals surface area contributed by atoms with Crippen molar-refractivity contribution < 1.29 is 24.2 Å². The number of esters is 1. The fraction of sp³-hybridized carbons (Fsp3) is 0.846. The Bertz CT molecular complexity index is 425. The minimum absolute atomic E-state index is 0.0849. The first-order chi connectivity index (χ1) is 8.46. The van der Waals surface area contributed by atoms with Crippen molar-refractivity contribution in [2.45, 2.75) is 62.9 Å². The molecule has 0 aromatic carbocycles. The van der Waals surface area contributed by atoms with Crippen molar-refractivity contribution in [1.82, 2.24) is 0 Å². The van der Waals surface area contributed by atoms with Gasteiger partial charge in [-0.25, -0.2) is 4.79 Å². The Morgan fingerprint density at radius 2 is 1.95 bits per heavy atom. The summed E-state index contributed by atoms with van der Waals surface area (Å²) in [5, 5.41) is 9.84. The Morgan fingerprint density at radius 3 is 2.47 bits per heavy atom. The van der Waals surface area contributed by atoms with E-state index in [4.69, 9.17) is 4.74 Å². The topological polar surface area (TPSA) is 83.8 Å². The first-order valence-corrected chi connectivity index (χ1v) is 9.61. The van der Waals surface area contributed by atoms with Crippen LogP contribution in [0.15, 0.2) is 0 Å². The quantitative estimate of drug-likeness (QED) is 0.597. The molecule has 0 amide bonds. The highest BCUT2D eigenvalue weighted by Gasteiger charge is 2.58. The van der Waals surface area contributed by atoms with Crippen molar-refractivity contribution in [2.24, 2.45) is 5.92 Å². The fourth-order valence-corrected chi connectivity index (χ4v) is 3.55. The van der Waals surface area contributed by atoms with E-state index < -0.39 is 31.9 Å². The van der Waals surface area contributed by atoms with E-state index in [-0.39, 0.29) is 23.7 Å². The van der Waals surface area contributed by atoms with Gasteiger partial charge in [0.2, 0.25) is 0 Å². The van der Waals surface area contributed by atoms with Gasteiger partial charge in [0.05, 0.1) is 0 Å². The Kier molecular flexibility index (Phi) is 3.19. The highest BCUT2D eigenvalue weighted by Crippen LogP contribution is 2.47. The second-order valence-electron chi connectivity index (χ2n) is 7.08. The standard InChI is InChI=1S/C13H22O5Si/c1-12(2,19(3,4)17)5-8-6-13(16)7-9(10(8)14)18-11(13)15/h8-9,16-17H,5-7H2,1-4H3/t8-,9-,13+/m1/s1. The zero-order valence-corrected chi connectivity index (χ0v) is 12.9. The van der Waals surface area contributed by atoms with Crippen LogP contribution in [-0.2, 0) is 14.3 Å². The maximum Gasteiger partial charge on any atom is 0.339 e. The predicted octanol–water partition coefficient (Wildman–Crippen LogP) is 0.990. The van der Waals surface area contributed by atoms with Crippen molar-refractivity contribution in [2.75, 3.05) is 0 Å². The number of hydrogen-bond acceptors (Lipinski definition) is 5. The van der Waals surface area contributed by atoms with Gasteiger partial charge in [-0.1, -0.05) is 13.8 Å². The SMILES string of the molecule is CC(C)(C[C@@H]1C[C@]2(O)C[C@@H](OC2=O)C1=O)[Si](C)(C)O. The largest absolute Gasteiger partial charge is 0.452 e. The summed E-state index contributed by atoms with van der Waals surface area (Å²) >= 11 is 0. The molecule has 1 aliphatic carbocycles. The second kappa shape index (κ2) is 4.13. The lowest BCUT2D eigenvalue weighted by Gasteiger charge is -2.39. The molecule has 0 spiro atoms. The third-order valence-corrected chi connectivity index (χ3v) is 8.39. The minimum atomic E-state index is -2.42. The molecule has 2 aliphatic rings. The Labute approximate surface area is 114 Å². The summed E-state index contributed by atoms with van der Waals surface area (Å²) in [7, 11) is -2.42. The van der Waals surface area contributed by atoms with E-state index in [9.17, 15) is 19.5 Å². The van der Waals surface area contributed by atoms with Gasteiger partial charge in [0.1, 0.15) is 0 Å². The average Bonchev–Trinajstić information content (AvgIpc) is 2.46. The van der Waals surface area contributed by atoms with Crippen molar-refractivity contribution in [3.8, 4) is 0 Å². The maximum atomic E-state index is 12.2. The molecule has 108 valence electrons. The molecule has 5 nitrogen and oxygen atoms in total. The third kappa shape index (κ3) is 2.37. The van der Waals surface area contributed by atoms with Crippen molar-refractivity contribution in [1.29, 1.82) is 0 Å². The number of carbonyl (C=O) groups is 2. The molecule has 0 unspecified atom stereocenters. The van der Waals surface area contributed by atoms with Gasteiger partial charge in [0, 0.05) is 12.3 Å². The van der Waals surface area contributed by atoms with Crippen LogP contribution in [0.25, 0.3) is 0 Å². The summed E-state index contributed by atoms with van der Waals surface area (Å²) in [6, 6.07) is 0. The molecule has 2 N–H and O–H groups in total. The van der Waals surface area contributed by atoms with Crippen LogP contribution in [0.1, 0.15) is 33.1 Å². The molecule has 2 rings (SSSR count). The highest BCUT2D eigenvalue weighted by atomic mass is 28.4. The summed E-state index contributed by atoms with van der Waals surface area (Å²) in [5.41, 5.74) is -1.50. The lowest BCUT2D eigenvalue weighted by atomic mass is 9.74. The van der Waals surface area contributed by atoms with E-state index in [0.717, 1.165) is 0 Å². The summed E-state index contributed by atoms with van der Waals surface area (Å²) in [5.74, 6) is -1.20. The number of rotatable bonds is 3. The first-order valence-electron chi connectivity index (χ1n) is 6.66. The van der Waals surface area contributed by atoms with Crippen LogP contribution in [0, 0.1) is 5.92 Å². The van der Waals surface area contributed by atoms with E-state index in [1.165, 1.54) is 0 Å². The van der Waals surface area contributed by atoms with Crippen molar-refractivity contribution in [3.63, 3.8) is 0 Å². The lowest BCUT2D eigenvalue weighted by Crippen LogP contribution is -2.47. The van der Waals surface area contributed by atoms with Crippen LogP contribution >= 0.6 is 0 Å². The molecule has 3 atom stereocenters. The first kappa shape index (κ1) is 14.7. The zero-order chi connectivity index (χ0) is 14.6. The highest BCUT2D eigenvalue weighted by molar-refractivity contribution is 6.72. The van der Waals surface area contributed by atoms with Crippen LogP contribution < -0.4 is 0 Å². The van der Waals surface area contributed by atoms with Gasteiger partial charge in [-0.05, 0) is 31.0 Å². The zero-order valence-electron chi connectivity index (χ0n) is 11.9. The molecule has 0 radical (unpaired) electrons. The lowest BCUT2D eigenvalue weighted by molar-refractivity contribution is -0.154. The number of carbonyl (C=O) groups excluding carboxylic acids is 2. The van der Waals surface area contributed by atoms with Crippen LogP contribution in [0.2, 0.25) is 18.1 Å². The summed E-state index contributed by atoms with van der Waals surface area (Å²) in [4.78, 5) is 34.1. The van der Waals surface area contributed by atoms with E-state index in [1.54, 1.807) is 0 Å². The van der Waals surface area contributed by atoms with Gasteiger partial charge in [0.25, 0.3) is 0 Å². The van der Waals surface area contributed by atoms with E-state index in [1.807, 2.05) is 26.9 Å². The van der Waals surface area contributed by atoms with Crippen LogP contribution in [0.5, 0.6) is 0 Å².